The number of hydrogen-bond acceptors (Lipinski definition) is 14. The third kappa shape index (κ3) is 20.8. The fraction of sp³-hybridized carbons (Fsp3) is 0.761. The number of benzene rings is 1. The van der Waals surface area contributed by atoms with Crippen LogP contribution in [0.15, 0.2) is 18.2 Å². The summed E-state index contributed by atoms with van der Waals surface area (Å²) in [6, 6.07) is -4.88. The summed E-state index contributed by atoms with van der Waals surface area (Å²) in [5.41, 5.74) is -1.65. The molecule has 0 aromatic heterocycles. The minimum atomic E-state index is -4.72. The maximum atomic E-state index is 15.3. The van der Waals surface area contributed by atoms with Crippen LogP contribution in [0.1, 0.15) is 173 Å². The quantitative estimate of drug-likeness (QED) is 0.229. The van der Waals surface area contributed by atoms with E-state index in [1.807, 2.05) is 0 Å². The normalized spacial score (nSPS) is 28.4. The summed E-state index contributed by atoms with van der Waals surface area (Å²) in [6.45, 7) is 4.79. The number of piperidine rings is 1. The summed E-state index contributed by atoms with van der Waals surface area (Å²) in [5.74, 6) is -7.60. The number of nitrogens with zero attached hydrogens (tertiary/aromatic N) is 9. The van der Waals surface area contributed by atoms with E-state index in [-0.39, 0.29) is 56.6 Å². The van der Waals surface area contributed by atoms with Crippen LogP contribution < -0.4 is 16.0 Å². The van der Waals surface area contributed by atoms with Gasteiger partial charge in [0.25, 0.3) is 0 Å². The third-order valence-corrected chi connectivity index (χ3v) is 22.1. The van der Waals surface area contributed by atoms with Crippen LogP contribution in [0.25, 0.3) is 0 Å². The molecular formula is C71H110ClF3N12O13. The topological polar surface area (TPSA) is 286 Å². The van der Waals surface area contributed by atoms with Gasteiger partial charge in [0.1, 0.15) is 36.3 Å². The van der Waals surface area contributed by atoms with Crippen molar-refractivity contribution < 1.29 is 75.8 Å². The number of nitrogens with one attached hydrogen (secondary N) is 3. The Morgan fingerprint density at radius 1 is 0.670 bits per heavy atom. The van der Waals surface area contributed by atoms with Crippen LogP contribution in [0.2, 0.25) is 5.02 Å². The summed E-state index contributed by atoms with van der Waals surface area (Å²) in [7, 11) is 9.90. The molecule has 1 aromatic carbocycles. The van der Waals surface area contributed by atoms with Crippen molar-refractivity contribution in [2.24, 2.45) is 17.8 Å². The zero-order valence-electron chi connectivity index (χ0n) is 60.4. The highest BCUT2D eigenvalue weighted by atomic mass is 35.5. The van der Waals surface area contributed by atoms with Gasteiger partial charge in [-0.1, -0.05) is 89.3 Å². The molecule has 0 bridgehead atoms. The molecule has 4 aliphatic heterocycles. The van der Waals surface area contributed by atoms with Crippen LogP contribution in [0.3, 0.4) is 0 Å². The number of halogens is 4. The predicted octanol–water partition coefficient (Wildman–Crippen LogP) is 4.82. The van der Waals surface area contributed by atoms with E-state index in [1.165, 1.54) is 80.9 Å². The Labute approximate surface area is 592 Å². The molecule has 25 nitrogen and oxygen atoms in total. The van der Waals surface area contributed by atoms with Gasteiger partial charge in [-0.15, -0.1) is 0 Å². The van der Waals surface area contributed by atoms with Gasteiger partial charge in [0.15, 0.2) is 5.72 Å². The van der Waals surface area contributed by atoms with Crippen molar-refractivity contribution in [1.82, 2.24) is 60.0 Å². The number of aryl methyl sites for hydroxylation is 1. The first kappa shape index (κ1) is 80.7. The first-order valence-corrected chi connectivity index (χ1v) is 36.6. The van der Waals surface area contributed by atoms with Crippen LogP contribution in [0, 0.1) is 17.8 Å². The lowest BCUT2D eigenvalue weighted by atomic mass is 9.82. The van der Waals surface area contributed by atoms with Crippen LogP contribution in [-0.4, -0.2) is 270 Å². The Morgan fingerprint density at radius 3 is 1.90 bits per heavy atom. The maximum absolute atomic E-state index is 15.3. The van der Waals surface area contributed by atoms with Gasteiger partial charge in [-0.05, 0) is 126 Å². The summed E-state index contributed by atoms with van der Waals surface area (Å²) in [5, 5.41) is 19.9. The van der Waals surface area contributed by atoms with Crippen molar-refractivity contribution in [3.8, 4) is 0 Å². The predicted molar refractivity (Wildman–Crippen MR) is 367 cm³/mol. The van der Waals surface area contributed by atoms with Crippen LogP contribution in [-0.2, 0) is 70.1 Å². The molecule has 4 heterocycles. The largest absolute Gasteiger partial charge is 0.417 e. The number of rotatable bonds is 10. The minimum Gasteiger partial charge on any atom is -0.391 e. The number of alkyl halides is 3. The molecule has 0 radical (unpaired) electrons. The van der Waals surface area contributed by atoms with Crippen molar-refractivity contribution in [3.63, 3.8) is 0 Å². The molecule has 6 fully saturated rings. The molecule has 29 heteroatoms. The summed E-state index contributed by atoms with van der Waals surface area (Å²) < 4.78 is 47.5. The molecule has 6 aliphatic rings. The molecule has 7 rings (SSSR count). The van der Waals surface area contributed by atoms with E-state index in [9.17, 15) is 61.4 Å². The van der Waals surface area contributed by atoms with E-state index < -0.39 is 162 Å². The summed E-state index contributed by atoms with van der Waals surface area (Å²) in [6.07, 6.45) is 6.17. The lowest BCUT2D eigenvalue weighted by molar-refractivity contribution is -0.155. The molecule has 1 unspecified atom stereocenters. The number of amides is 11. The molecular weight excluding hydrogens is 1320 g/mol. The molecule has 4 N–H and O–H groups in total. The number of carbonyl (C=O) groups excluding carboxylic acids is 11. The second kappa shape index (κ2) is 36.5. The Hall–Kier alpha value is -6.65. The third-order valence-electron chi connectivity index (χ3n) is 21.8. The van der Waals surface area contributed by atoms with Gasteiger partial charge in [0.05, 0.1) is 55.4 Å². The molecule has 11 amide bonds. The molecule has 2 aliphatic carbocycles. The van der Waals surface area contributed by atoms with Crippen molar-refractivity contribution in [2.75, 3.05) is 102 Å². The monoisotopic (exact) mass is 1430 g/mol. The second-order valence-electron chi connectivity index (χ2n) is 29.1. The first-order valence-electron chi connectivity index (χ1n) is 36.2. The smallest absolute Gasteiger partial charge is 0.391 e. The Balaban J connectivity index is 1.20. The van der Waals surface area contributed by atoms with Gasteiger partial charge in [-0.25, -0.2) is 0 Å². The van der Waals surface area contributed by atoms with E-state index in [2.05, 4.69) is 16.0 Å². The molecule has 4 saturated heterocycles. The number of carbonyl (C=O) groups is 11. The second-order valence-corrected chi connectivity index (χ2v) is 29.5. The number of epoxide rings is 1. The van der Waals surface area contributed by atoms with E-state index >= 15 is 9.59 Å². The number of likely N-dealkylation sites (tertiary alicyclic amines) is 1. The number of aliphatic hydroxyl groups is 1. The first-order chi connectivity index (χ1) is 47.3. The average molecular weight is 1430 g/mol. The summed E-state index contributed by atoms with van der Waals surface area (Å²) >= 11 is 6.15. The van der Waals surface area contributed by atoms with Crippen LogP contribution >= 0.6 is 11.6 Å². The van der Waals surface area contributed by atoms with Gasteiger partial charge in [-0.2, -0.15) is 13.2 Å². The molecule has 560 valence electrons. The van der Waals surface area contributed by atoms with Gasteiger partial charge < -0.3 is 64.6 Å². The Kier molecular flexibility index (Phi) is 29.4. The van der Waals surface area contributed by atoms with E-state index in [4.69, 9.17) is 16.3 Å². The highest BCUT2D eigenvalue weighted by molar-refractivity contribution is 6.31. The van der Waals surface area contributed by atoms with Gasteiger partial charge in [0, 0.05) is 75.4 Å². The van der Waals surface area contributed by atoms with Crippen LogP contribution in [0.4, 0.5) is 13.2 Å². The number of ether oxygens (including phenoxy) is 1. The van der Waals surface area contributed by atoms with Gasteiger partial charge in [0.2, 0.25) is 65.0 Å². The fourth-order valence-electron chi connectivity index (χ4n) is 15.2. The fourth-order valence-corrected chi connectivity index (χ4v) is 15.5. The lowest BCUT2D eigenvalue weighted by Gasteiger charge is -2.41. The zero-order chi connectivity index (χ0) is 73.5. The Bertz CT molecular complexity index is 3050. The van der Waals surface area contributed by atoms with E-state index in [0.29, 0.717) is 83.0 Å². The Morgan fingerprint density at radius 2 is 1.29 bits per heavy atom. The molecule has 1 aromatic rings. The molecule has 2 saturated carbocycles. The van der Waals surface area contributed by atoms with Gasteiger partial charge in [-0.3, -0.25) is 58.1 Å². The SMILES string of the molecule is CC[C@H](C)[C@@H]1NC(=O)[C@H]([C@@H](C)O)N(C)C(=O)C[C@@H](C(=O)N2CCCCC2)N(C)C(=O)[C@H](C2CCCCC2)N(C)C(=O)CCCCNC2(CO2)[C@@H]2CCCN2C(=O)[C@H](CCc2ccc(C(F)(F)F)c(Cl)c2)NC(=O)CN(C)C(=O)[C@H](CC2CCCCC2)N(C)C(=O)CN(C)C(=O)CN(C)C1=O. The molecule has 100 heavy (non-hydrogen) atoms. The number of fused-ring (bicyclic) bond motifs is 2. The standard InChI is InChI=1S/C71H110ClF3N12O13/c1-11-45(2)61-68(98)81(6)42-59(92)79(4)43-60(93)82(7)53(39-47-24-15-12-16-25-47)66(96)80(5)41-56(89)77-52(33-31-48-30-32-50(51(72)38-48)71(73,74)75)65(95)87-37-23-28-55(87)70(44-100-70)76-34-20-19-29-57(90)84(9)63(49-26-17-13-18-27-49)69(99)83(8)54(67(97)86-35-21-14-22-36-86)40-58(91)85(10)62(46(3)88)64(94)78-61/h30,32,38,45-47,49,52-55,61-63,76,88H,11-29,31,33-37,39-44H2,1-10H3,(H,77,89)(H,78,94)/t45-,46+,52-,53-,54-,55-,61-,62-,63-,70?/m0/s1. The molecule has 1 spiro atoms. The minimum absolute atomic E-state index is 0.0154. The van der Waals surface area contributed by atoms with Crippen molar-refractivity contribution >= 4 is 76.6 Å². The highest BCUT2D eigenvalue weighted by Gasteiger charge is 2.56. The average Bonchev–Trinajstić information content (AvgIpc) is 1.59. The van der Waals surface area contributed by atoms with Crippen molar-refractivity contribution in [2.45, 2.75) is 229 Å². The number of hydrogen-bond donors (Lipinski definition) is 4. The zero-order valence-corrected chi connectivity index (χ0v) is 61.1. The number of aliphatic hydroxyl groups excluding tert-OH is 1. The highest BCUT2D eigenvalue weighted by Crippen LogP contribution is 2.39. The molecule has 10 atom stereocenters. The van der Waals surface area contributed by atoms with E-state index in [1.54, 1.807) is 30.7 Å². The maximum Gasteiger partial charge on any atom is 0.417 e. The van der Waals surface area contributed by atoms with Crippen molar-refractivity contribution in [1.29, 1.82) is 0 Å². The summed E-state index contributed by atoms with van der Waals surface area (Å²) in [4.78, 5) is 173. The number of likely N-dealkylation sites (N-methyl/N-ethyl adjacent to an activating group) is 7. The van der Waals surface area contributed by atoms with Crippen LogP contribution in [0.5, 0.6) is 0 Å². The lowest BCUT2D eigenvalue weighted by Crippen LogP contribution is -2.61. The van der Waals surface area contributed by atoms with E-state index in [0.717, 1.165) is 78.6 Å². The van der Waals surface area contributed by atoms with Gasteiger partial charge >= 0.3 is 6.18 Å². The van der Waals surface area contributed by atoms with Crippen molar-refractivity contribution in [3.05, 3.63) is 34.3 Å².